The molecule has 3 nitrogen and oxygen atoms in total. The zero-order valence-corrected chi connectivity index (χ0v) is 6.92. The smallest absolute Gasteiger partial charge is 0.185 e. The molecular formula is C10H9NO2. The Bertz CT molecular complexity index is 328. The van der Waals surface area contributed by atoms with Crippen molar-refractivity contribution in [1.82, 2.24) is 0 Å². The lowest BCUT2D eigenvalue weighted by atomic mass is 10.1. The summed E-state index contributed by atoms with van der Waals surface area (Å²) in [5, 5.41) is 10.8. The standard InChI is InChI=1S/C10H9NO2/c12-10(7-4-8-11-13)9-5-2-1-3-6-9/h1-8,13H/b7-4+,11-8+. The molecule has 13 heavy (non-hydrogen) atoms. The van der Waals surface area contributed by atoms with Crippen LogP contribution in [-0.2, 0) is 0 Å². The Morgan fingerprint density at radius 3 is 2.62 bits per heavy atom. The molecule has 3 heteroatoms. The SMILES string of the molecule is O=C(/C=C/C=N/O)c1ccccc1. The van der Waals surface area contributed by atoms with Crippen molar-refractivity contribution in [1.29, 1.82) is 0 Å². The van der Waals surface area contributed by atoms with Gasteiger partial charge >= 0.3 is 0 Å². The van der Waals surface area contributed by atoms with E-state index in [2.05, 4.69) is 5.16 Å². The zero-order valence-electron chi connectivity index (χ0n) is 6.92. The fourth-order valence-corrected chi connectivity index (χ4v) is 0.868. The second kappa shape index (κ2) is 4.87. The molecule has 1 aromatic rings. The number of carbonyl (C=O) groups excluding carboxylic acids is 1. The summed E-state index contributed by atoms with van der Waals surface area (Å²) in [6, 6.07) is 8.88. The first-order chi connectivity index (χ1) is 6.34. The fourth-order valence-electron chi connectivity index (χ4n) is 0.868. The van der Waals surface area contributed by atoms with Gasteiger partial charge in [-0.15, -0.1) is 0 Å². The van der Waals surface area contributed by atoms with Crippen LogP contribution in [0, 0.1) is 0 Å². The van der Waals surface area contributed by atoms with Crippen LogP contribution in [0.5, 0.6) is 0 Å². The lowest BCUT2D eigenvalue weighted by molar-refractivity contribution is 0.104. The van der Waals surface area contributed by atoms with E-state index in [9.17, 15) is 4.79 Å². The van der Waals surface area contributed by atoms with Gasteiger partial charge in [0.15, 0.2) is 5.78 Å². The van der Waals surface area contributed by atoms with Crippen LogP contribution in [0.4, 0.5) is 0 Å². The van der Waals surface area contributed by atoms with Gasteiger partial charge < -0.3 is 5.21 Å². The van der Waals surface area contributed by atoms with Crippen LogP contribution in [0.15, 0.2) is 47.6 Å². The highest BCUT2D eigenvalue weighted by molar-refractivity contribution is 6.06. The van der Waals surface area contributed by atoms with E-state index in [-0.39, 0.29) is 5.78 Å². The van der Waals surface area contributed by atoms with Gasteiger partial charge in [0.25, 0.3) is 0 Å². The molecule has 1 aromatic carbocycles. The van der Waals surface area contributed by atoms with E-state index in [1.54, 1.807) is 24.3 Å². The van der Waals surface area contributed by atoms with Crippen molar-refractivity contribution in [3.63, 3.8) is 0 Å². The molecule has 0 spiro atoms. The molecule has 1 rings (SSSR count). The van der Waals surface area contributed by atoms with Gasteiger partial charge in [-0.25, -0.2) is 0 Å². The van der Waals surface area contributed by atoms with Crippen molar-refractivity contribution >= 4 is 12.0 Å². The highest BCUT2D eigenvalue weighted by Gasteiger charge is 1.97. The molecule has 0 aliphatic rings. The van der Waals surface area contributed by atoms with E-state index < -0.39 is 0 Å². The van der Waals surface area contributed by atoms with Gasteiger partial charge in [-0.1, -0.05) is 35.5 Å². The maximum absolute atomic E-state index is 11.3. The fraction of sp³-hybridized carbons (Fsp3) is 0. The molecule has 0 amide bonds. The molecule has 0 heterocycles. The first kappa shape index (κ1) is 9.19. The molecule has 0 bridgehead atoms. The van der Waals surface area contributed by atoms with Gasteiger partial charge in [-0.05, 0) is 12.2 Å². The quantitative estimate of drug-likeness (QED) is 0.251. The monoisotopic (exact) mass is 175 g/mol. The van der Waals surface area contributed by atoms with Crippen LogP contribution in [0.3, 0.4) is 0 Å². The summed E-state index contributed by atoms with van der Waals surface area (Å²) in [7, 11) is 0. The molecule has 0 atom stereocenters. The molecular weight excluding hydrogens is 166 g/mol. The van der Waals surface area contributed by atoms with Gasteiger partial charge in [-0.2, -0.15) is 0 Å². The average Bonchev–Trinajstić information content (AvgIpc) is 2.19. The predicted molar refractivity (Wildman–Crippen MR) is 50.2 cm³/mol. The molecule has 0 aliphatic heterocycles. The lowest BCUT2D eigenvalue weighted by Gasteiger charge is -1.91. The van der Waals surface area contributed by atoms with Gasteiger partial charge in [0.2, 0.25) is 0 Å². The number of benzene rings is 1. The van der Waals surface area contributed by atoms with Crippen LogP contribution < -0.4 is 0 Å². The maximum Gasteiger partial charge on any atom is 0.185 e. The minimum absolute atomic E-state index is 0.111. The molecule has 0 aromatic heterocycles. The number of nitrogens with zero attached hydrogens (tertiary/aromatic N) is 1. The third-order valence-corrected chi connectivity index (χ3v) is 1.46. The summed E-state index contributed by atoms with van der Waals surface area (Å²) in [6.07, 6.45) is 3.87. The van der Waals surface area contributed by atoms with Crippen molar-refractivity contribution in [3.05, 3.63) is 48.0 Å². The Balaban J connectivity index is 2.70. The molecule has 66 valence electrons. The van der Waals surface area contributed by atoms with Crippen LogP contribution in [-0.4, -0.2) is 17.2 Å². The average molecular weight is 175 g/mol. The number of oxime groups is 1. The number of hydrogen-bond acceptors (Lipinski definition) is 3. The molecule has 1 N–H and O–H groups in total. The van der Waals surface area contributed by atoms with Crippen molar-refractivity contribution in [2.45, 2.75) is 0 Å². The first-order valence-corrected chi connectivity index (χ1v) is 3.78. The second-order valence-corrected chi connectivity index (χ2v) is 2.35. The van der Waals surface area contributed by atoms with E-state index >= 15 is 0 Å². The van der Waals surface area contributed by atoms with Gasteiger partial charge in [0.1, 0.15) is 0 Å². The Morgan fingerprint density at radius 2 is 2.00 bits per heavy atom. The largest absolute Gasteiger partial charge is 0.411 e. The first-order valence-electron chi connectivity index (χ1n) is 3.78. The highest BCUT2D eigenvalue weighted by atomic mass is 16.4. The summed E-state index contributed by atoms with van der Waals surface area (Å²) < 4.78 is 0. The Kier molecular flexibility index (Phi) is 3.45. The minimum atomic E-state index is -0.111. The number of hydrogen-bond donors (Lipinski definition) is 1. The third-order valence-electron chi connectivity index (χ3n) is 1.46. The van der Waals surface area contributed by atoms with Crippen LogP contribution in [0.25, 0.3) is 0 Å². The minimum Gasteiger partial charge on any atom is -0.411 e. The van der Waals surface area contributed by atoms with Crippen LogP contribution in [0.2, 0.25) is 0 Å². The summed E-state index contributed by atoms with van der Waals surface area (Å²) in [5.41, 5.74) is 0.616. The normalized spacial score (nSPS) is 11.1. The van der Waals surface area contributed by atoms with Gasteiger partial charge in [-0.3, -0.25) is 4.79 Å². The summed E-state index contributed by atoms with van der Waals surface area (Å²) in [5.74, 6) is -0.111. The summed E-state index contributed by atoms with van der Waals surface area (Å²) in [6.45, 7) is 0. The number of carbonyl (C=O) groups is 1. The van der Waals surface area contributed by atoms with Crippen LogP contribution in [0.1, 0.15) is 10.4 Å². The zero-order chi connectivity index (χ0) is 9.52. The van der Waals surface area contributed by atoms with Gasteiger partial charge in [0, 0.05) is 5.56 Å². The van der Waals surface area contributed by atoms with E-state index in [0.717, 1.165) is 6.21 Å². The van der Waals surface area contributed by atoms with Crippen molar-refractivity contribution < 1.29 is 10.0 Å². The van der Waals surface area contributed by atoms with Gasteiger partial charge in [0.05, 0.1) is 6.21 Å². The molecule has 0 saturated carbocycles. The lowest BCUT2D eigenvalue weighted by Crippen LogP contribution is -1.92. The Hall–Kier alpha value is -1.90. The van der Waals surface area contributed by atoms with E-state index in [4.69, 9.17) is 5.21 Å². The maximum atomic E-state index is 11.3. The van der Waals surface area contributed by atoms with Crippen molar-refractivity contribution in [2.75, 3.05) is 0 Å². The topological polar surface area (TPSA) is 49.7 Å². The molecule has 0 aliphatic carbocycles. The van der Waals surface area contributed by atoms with Crippen molar-refractivity contribution in [2.24, 2.45) is 5.16 Å². The number of rotatable bonds is 3. The molecule has 0 fully saturated rings. The summed E-state index contributed by atoms with van der Waals surface area (Å²) in [4.78, 5) is 11.3. The Labute approximate surface area is 76.0 Å². The second-order valence-electron chi connectivity index (χ2n) is 2.35. The Morgan fingerprint density at radius 1 is 1.31 bits per heavy atom. The molecule has 0 saturated heterocycles. The van der Waals surface area contributed by atoms with E-state index in [0.29, 0.717) is 5.56 Å². The third kappa shape index (κ3) is 2.91. The van der Waals surface area contributed by atoms with Crippen molar-refractivity contribution in [3.8, 4) is 0 Å². The van der Waals surface area contributed by atoms with E-state index in [1.807, 2.05) is 6.07 Å². The van der Waals surface area contributed by atoms with E-state index in [1.165, 1.54) is 12.2 Å². The molecule has 0 unspecified atom stereocenters. The summed E-state index contributed by atoms with van der Waals surface area (Å²) >= 11 is 0. The van der Waals surface area contributed by atoms with Crippen LogP contribution >= 0.6 is 0 Å². The number of ketones is 1. The highest BCUT2D eigenvalue weighted by Crippen LogP contribution is 1.99. The number of allylic oxidation sites excluding steroid dienone is 2. The molecule has 0 radical (unpaired) electrons. The predicted octanol–water partition coefficient (Wildman–Crippen LogP) is 1.89.